The fourth-order valence-corrected chi connectivity index (χ4v) is 3.25. The van der Waals surface area contributed by atoms with Gasteiger partial charge in [-0.2, -0.15) is 0 Å². The third kappa shape index (κ3) is 2.80. The Morgan fingerprint density at radius 3 is 2.77 bits per heavy atom. The number of hydrogen-bond acceptors (Lipinski definition) is 3. The van der Waals surface area contributed by atoms with Gasteiger partial charge in [-0.15, -0.1) is 0 Å². The molecule has 0 saturated heterocycles. The SMILES string of the molecule is CC1CCC(Oc2c(C(=O)O)oc3ccc(Cl)cc23)CC1C. The molecule has 2 aromatic rings. The minimum atomic E-state index is -1.13. The van der Waals surface area contributed by atoms with Gasteiger partial charge in [0.05, 0.1) is 11.5 Å². The van der Waals surface area contributed by atoms with Crippen molar-refractivity contribution in [3.63, 3.8) is 0 Å². The molecular formula is C17H19ClO4. The number of rotatable bonds is 3. The van der Waals surface area contributed by atoms with E-state index in [-0.39, 0.29) is 11.9 Å². The van der Waals surface area contributed by atoms with Crippen molar-refractivity contribution in [1.29, 1.82) is 0 Å². The number of fused-ring (bicyclic) bond motifs is 1. The summed E-state index contributed by atoms with van der Waals surface area (Å²) in [4.78, 5) is 11.4. The van der Waals surface area contributed by atoms with Crippen LogP contribution in [0.2, 0.25) is 5.02 Å². The summed E-state index contributed by atoms with van der Waals surface area (Å²) >= 11 is 6.02. The number of ether oxygens (including phenoxy) is 1. The molecule has 118 valence electrons. The topological polar surface area (TPSA) is 59.7 Å². The Balaban J connectivity index is 1.96. The molecule has 0 spiro atoms. The zero-order valence-electron chi connectivity index (χ0n) is 12.6. The van der Waals surface area contributed by atoms with Crippen LogP contribution in [-0.2, 0) is 0 Å². The van der Waals surface area contributed by atoms with Gasteiger partial charge in [-0.1, -0.05) is 25.4 Å². The lowest BCUT2D eigenvalue weighted by Gasteiger charge is -2.32. The van der Waals surface area contributed by atoms with Gasteiger partial charge in [0.25, 0.3) is 5.76 Å². The summed E-state index contributed by atoms with van der Waals surface area (Å²) in [5.74, 6) is 0.267. The molecule has 1 aromatic carbocycles. The summed E-state index contributed by atoms with van der Waals surface area (Å²) in [5, 5.41) is 10.5. The van der Waals surface area contributed by atoms with Crippen molar-refractivity contribution in [3.8, 4) is 5.75 Å². The number of furan rings is 1. The maximum Gasteiger partial charge on any atom is 0.375 e. The normalized spacial score (nSPS) is 25.3. The van der Waals surface area contributed by atoms with Gasteiger partial charge in [0, 0.05) is 5.02 Å². The first kappa shape index (κ1) is 15.2. The first-order valence-corrected chi connectivity index (χ1v) is 7.95. The maximum atomic E-state index is 11.4. The molecule has 22 heavy (non-hydrogen) atoms. The average Bonchev–Trinajstić information content (AvgIpc) is 2.81. The molecule has 5 heteroatoms. The summed E-state index contributed by atoms with van der Waals surface area (Å²) in [6, 6.07) is 5.03. The quantitative estimate of drug-likeness (QED) is 0.865. The molecule has 1 fully saturated rings. The molecule has 0 radical (unpaired) electrons. The zero-order chi connectivity index (χ0) is 15.9. The Bertz CT molecular complexity index is 706. The number of carboxylic acids is 1. The number of carboxylic acid groups (broad SMARTS) is 1. The van der Waals surface area contributed by atoms with Crippen LogP contribution in [0.15, 0.2) is 22.6 Å². The fraction of sp³-hybridized carbons (Fsp3) is 0.471. The molecule has 1 aromatic heterocycles. The minimum Gasteiger partial charge on any atom is -0.485 e. The van der Waals surface area contributed by atoms with E-state index in [0.717, 1.165) is 19.3 Å². The van der Waals surface area contributed by atoms with Gasteiger partial charge in [0.15, 0.2) is 5.75 Å². The van der Waals surface area contributed by atoms with Gasteiger partial charge in [0.1, 0.15) is 5.58 Å². The lowest BCUT2D eigenvalue weighted by Crippen LogP contribution is -2.29. The van der Waals surface area contributed by atoms with Crippen LogP contribution in [0.1, 0.15) is 43.7 Å². The molecular weight excluding hydrogens is 304 g/mol. The monoisotopic (exact) mass is 322 g/mol. The van der Waals surface area contributed by atoms with Crippen LogP contribution >= 0.6 is 11.6 Å². The smallest absolute Gasteiger partial charge is 0.375 e. The van der Waals surface area contributed by atoms with E-state index in [2.05, 4.69) is 13.8 Å². The molecule has 3 atom stereocenters. The molecule has 1 saturated carbocycles. The third-order valence-electron chi connectivity index (χ3n) is 4.63. The second-order valence-corrected chi connectivity index (χ2v) is 6.65. The molecule has 1 aliphatic rings. The minimum absolute atomic E-state index is 0.0177. The summed E-state index contributed by atoms with van der Waals surface area (Å²) in [6.45, 7) is 4.46. The highest BCUT2D eigenvalue weighted by Crippen LogP contribution is 2.38. The predicted octanol–water partition coefficient (Wildman–Crippen LogP) is 4.99. The summed E-state index contributed by atoms with van der Waals surface area (Å²) in [6.07, 6.45) is 2.96. The highest BCUT2D eigenvalue weighted by molar-refractivity contribution is 6.31. The van der Waals surface area contributed by atoms with Crippen molar-refractivity contribution in [2.75, 3.05) is 0 Å². The van der Waals surface area contributed by atoms with Crippen LogP contribution in [0.25, 0.3) is 11.0 Å². The summed E-state index contributed by atoms with van der Waals surface area (Å²) in [7, 11) is 0. The number of aromatic carboxylic acids is 1. The average molecular weight is 323 g/mol. The standard InChI is InChI=1S/C17H19ClO4/c1-9-3-5-12(7-10(9)2)21-15-13-8-11(18)4-6-14(13)22-16(15)17(19)20/h4,6,8-10,12H,3,5,7H2,1-2H3,(H,19,20). The maximum absolute atomic E-state index is 11.4. The third-order valence-corrected chi connectivity index (χ3v) is 4.87. The van der Waals surface area contributed by atoms with Gasteiger partial charge < -0.3 is 14.3 Å². The van der Waals surface area contributed by atoms with Crippen molar-refractivity contribution >= 4 is 28.5 Å². The van der Waals surface area contributed by atoms with Gasteiger partial charge in [0.2, 0.25) is 0 Å². The van der Waals surface area contributed by atoms with E-state index >= 15 is 0 Å². The first-order chi connectivity index (χ1) is 10.5. The van der Waals surface area contributed by atoms with E-state index < -0.39 is 5.97 Å². The lowest BCUT2D eigenvalue weighted by atomic mass is 9.80. The second-order valence-electron chi connectivity index (χ2n) is 6.21. The Hall–Kier alpha value is -1.68. The molecule has 0 aliphatic heterocycles. The van der Waals surface area contributed by atoms with Crippen LogP contribution in [-0.4, -0.2) is 17.2 Å². The van der Waals surface area contributed by atoms with E-state index in [1.807, 2.05) is 0 Å². The molecule has 0 amide bonds. The number of hydrogen-bond donors (Lipinski definition) is 1. The second kappa shape index (κ2) is 5.84. The molecule has 4 nitrogen and oxygen atoms in total. The number of carbonyl (C=O) groups is 1. The van der Waals surface area contributed by atoms with Gasteiger partial charge >= 0.3 is 5.97 Å². The lowest BCUT2D eigenvalue weighted by molar-refractivity contribution is 0.0638. The highest BCUT2D eigenvalue weighted by atomic mass is 35.5. The van der Waals surface area contributed by atoms with Crippen LogP contribution in [0.3, 0.4) is 0 Å². The van der Waals surface area contributed by atoms with Gasteiger partial charge in [-0.05, 0) is 49.3 Å². The molecule has 1 aliphatic carbocycles. The summed E-state index contributed by atoms with van der Waals surface area (Å²) < 4.78 is 11.5. The Morgan fingerprint density at radius 1 is 1.32 bits per heavy atom. The van der Waals surface area contributed by atoms with Crippen LogP contribution in [0.4, 0.5) is 0 Å². The number of halogens is 1. The van der Waals surface area contributed by atoms with E-state index in [9.17, 15) is 9.90 Å². The van der Waals surface area contributed by atoms with Crippen LogP contribution in [0, 0.1) is 11.8 Å². The molecule has 0 bridgehead atoms. The van der Waals surface area contributed by atoms with Crippen LogP contribution < -0.4 is 4.74 Å². The molecule has 1 N–H and O–H groups in total. The van der Waals surface area contributed by atoms with Gasteiger partial charge in [-0.25, -0.2) is 4.79 Å². The van der Waals surface area contributed by atoms with Crippen molar-refractivity contribution in [2.45, 2.75) is 39.2 Å². The van der Waals surface area contributed by atoms with Gasteiger partial charge in [-0.3, -0.25) is 0 Å². The highest BCUT2D eigenvalue weighted by Gasteiger charge is 2.29. The Labute approximate surface area is 134 Å². The molecule has 3 rings (SSSR count). The van der Waals surface area contributed by atoms with E-state index in [1.54, 1.807) is 18.2 Å². The van der Waals surface area contributed by atoms with E-state index in [1.165, 1.54) is 0 Å². The van der Waals surface area contributed by atoms with Crippen molar-refractivity contribution in [3.05, 3.63) is 29.0 Å². The zero-order valence-corrected chi connectivity index (χ0v) is 13.4. The van der Waals surface area contributed by atoms with Crippen molar-refractivity contribution in [2.24, 2.45) is 11.8 Å². The van der Waals surface area contributed by atoms with E-state index in [4.69, 9.17) is 20.8 Å². The molecule has 1 heterocycles. The fourth-order valence-electron chi connectivity index (χ4n) is 3.08. The Morgan fingerprint density at radius 2 is 2.09 bits per heavy atom. The summed E-state index contributed by atoms with van der Waals surface area (Å²) in [5.41, 5.74) is 0.481. The van der Waals surface area contributed by atoms with Crippen molar-refractivity contribution < 1.29 is 19.1 Å². The van der Waals surface area contributed by atoms with Crippen LogP contribution in [0.5, 0.6) is 5.75 Å². The van der Waals surface area contributed by atoms with Crippen molar-refractivity contribution in [1.82, 2.24) is 0 Å². The largest absolute Gasteiger partial charge is 0.485 e. The number of benzene rings is 1. The predicted molar refractivity (Wildman–Crippen MR) is 84.8 cm³/mol. The first-order valence-electron chi connectivity index (χ1n) is 7.57. The van der Waals surface area contributed by atoms with E-state index in [0.29, 0.717) is 33.6 Å². The molecule has 3 unspecified atom stereocenters. The Kier molecular flexibility index (Phi) is 4.04.